The van der Waals surface area contributed by atoms with Gasteiger partial charge in [-0.2, -0.15) is 0 Å². The number of aromatic nitrogens is 2. The van der Waals surface area contributed by atoms with E-state index in [1.54, 1.807) is 24.3 Å². The van der Waals surface area contributed by atoms with Crippen LogP contribution >= 0.6 is 11.6 Å². The van der Waals surface area contributed by atoms with Gasteiger partial charge in [-0.15, -0.1) is 5.10 Å². The minimum atomic E-state index is -0.163. The Morgan fingerprint density at radius 2 is 1.91 bits per heavy atom. The third-order valence-electron chi connectivity index (χ3n) is 3.56. The predicted octanol–water partition coefficient (Wildman–Crippen LogP) is 3.80. The summed E-state index contributed by atoms with van der Waals surface area (Å²) in [4.78, 5) is 12.5. The molecule has 0 unspecified atom stereocenters. The fraction of sp³-hybridized carbons (Fsp3) is 0.0588. The van der Waals surface area contributed by atoms with Crippen LogP contribution in [0.2, 0.25) is 5.02 Å². The van der Waals surface area contributed by atoms with Crippen LogP contribution in [0.15, 0.2) is 63.8 Å². The van der Waals surface area contributed by atoms with Crippen molar-refractivity contribution in [3.05, 3.63) is 75.5 Å². The van der Waals surface area contributed by atoms with Crippen molar-refractivity contribution in [3.63, 3.8) is 0 Å². The number of benzene rings is 2. The summed E-state index contributed by atoms with van der Waals surface area (Å²) in [7, 11) is 0. The van der Waals surface area contributed by atoms with Gasteiger partial charge < -0.3 is 4.42 Å². The molecule has 0 radical (unpaired) electrons. The fourth-order valence-corrected chi connectivity index (χ4v) is 2.67. The standard InChI is InChI=1S/C17H11ClN2O2/c18-13-6-7-15-12(8-13)9-14-16(22-15)19-20(17(14)21)10-11-4-2-1-3-5-11/h1-9H,10H2. The van der Waals surface area contributed by atoms with E-state index in [4.69, 9.17) is 16.0 Å². The molecule has 2 aliphatic heterocycles. The molecule has 0 bridgehead atoms. The lowest BCUT2D eigenvalue weighted by Crippen LogP contribution is -2.17. The van der Waals surface area contributed by atoms with E-state index in [0.717, 1.165) is 10.9 Å². The molecule has 0 fully saturated rings. The molecule has 2 aromatic rings. The normalized spacial score (nSPS) is 11.3. The molecule has 2 aromatic carbocycles. The molecule has 0 spiro atoms. The lowest BCUT2D eigenvalue weighted by Gasteiger charge is -2.00. The first-order valence-corrected chi connectivity index (χ1v) is 7.22. The third kappa shape index (κ3) is 2.18. The molecular weight excluding hydrogens is 300 g/mol. The molecule has 2 heterocycles. The molecule has 0 saturated carbocycles. The molecule has 0 aromatic heterocycles. The van der Waals surface area contributed by atoms with Gasteiger partial charge in [0.15, 0.2) is 0 Å². The predicted molar refractivity (Wildman–Crippen MR) is 85.4 cm³/mol. The molecule has 4 rings (SSSR count). The van der Waals surface area contributed by atoms with Crippen LogP contribution in [0, 0.1) is 0 Å². The van der Waals surface area contributed by atoms with E-state index in [9.17, 15) is 4.79 Å². The van der Waals surface area contributed by atoms with Gasteiger partial charge >= 0.3 is 0 Å². The Hall–Kier alpha value is -2.59. The van der Waals surface area contributed by atoms with Crippen molar-refractivity contribution in [2.45, 2.75) is 6.54 Å². The summed E-state index contributed by atoms with van der Waals surface area (Å²) < 4.78 is 7.13. The van der Waals surface area contributed by atoms with Gasteiger partial charge in [0.25, 0.3) is 5.56 Å². The highest BCUT2D eigenvalue weighted by Gasteiger charge is 2.18. The van der Waals surface area contributed by atoms with Gasteiger partial charge in [0.1, 0.15) is 11.1 Å². The maximum Gasteiger partial charge on any atom is 0.279 e. The van der Waals surface area contributed by atoms with Crippen LogP contribution in [0.3, 0.4) is 0 Å². The Morgan fingerprint density at radius 1 is 1.09 bits per heavy atom. The molecule has 0 saturated heterocycles. The van der Waals surface area contributed by atoms with Gasteiger partial charge in [-0.25, -0.2) is 4.68 Å². The maximum atomic E-state index is 12.5. The highest BCUT2D eigenvalue weighted by Crippen LogP contribution is 2.26. The summed E-state index contributed by atoms with van der Waals surface area (Å²) in [6.07, 6.45) is 0. The van der Waals surface area contributed by atoms with E-state index in [2.05, 4.69) is 5.10 Å². The summed E-state index contributed by atoms with van der Waals surface area (Å²) in [5.41, 5.74) is 1.97. The molecular formula is C17H11ClN2O2. The summed E-state index contributed by atoms with van der Waals surface area (Å²) in [5.74, 6) is 0.343. The second-order valence-corrected chi connectivity index (χ2v) is 5.53. The minimum Gasteiger partial charge on any atom is -0.436 e. The topological polar surface area (TPSA) is 48.0 Å². The van der Waals surface area contributed by atoms with Gasteiger partial charge in [0, 0.05) is 10.4 Å². The second kappa shape index (κ2) is 5.00. The van der Waals surface area contributed by atoms with Crippen LogP contribution in [0.5, 0.6) is 0 Å². The molecule has 4 nitrogen and oxygen atoms in total. The monoisotopic (exact) mass is 310 g/mol. The van der Waals surface area contributed by atoms with E-state index in [0.29, 0.717) is 28.6 Å². The summed E-state index contributed by atoms with van der Waals surface area (Å²) >= 11 is 5.98. The average Bonchev–Trinajstić information content (AvgIpc) is 2.82. The van der Waals surface area contributed by atoms with Gasteiger partial charge in [-0.1, -0.05) is 41.9 Å². The Balaban J connectivity index is 1.88. The third-order valence-corrected chi connectivity index (χ3v) is 3.80. The number of hydrogen-bond donors (Lipinski definition) is 0. The van der Waals surface area contributed by atoms with Crippen molar-refractivity contribution in [1.82, 2.24) is 9.78 Å². The molecule has 22 heavy (non-hydrogen) atoms. The molecule has 108 valence electrons. The van der Waals surface area contributed by atoms with E-state index in [1.807, 2.05) is 30.3 Å². The van der Waals surface area contributed by atoms with Crippen LogP contribution < -0.4 is 5.56 Å². The maximum absolute atomic E-state index is 12.5. The van der Waals surface area contributed by atoms with Gasteiger partial charge in [-0.3, -0.25) is 4.79 Å². The zero-order chi connectivity index (χ0) is 15.1. The summed E-state index contributed by atoms with van der Waals surface area (Å²) in [6, 6.07) is 16.8. The number of hydrogen-bond acceptors (Lipinski definition) is 3. The van der Waals surface area contributed by atoms with Gasteiger partial charge in [-0.05, 0) is 29.8 Å². The number of nitrogens with zero attached hydrogens (tertiary/aromatic N) is 2. The number of halogens is 1. The van der Waals surface area contributed by atoms with Crippen LogP contribution in [-0.2, 0) is 6.54 Å². The van der Waals surface area contributed by atoms with Crippen LogP contribution in [-0.4, -0.2) is 9.78 Å². The van der Waals surface area contributed by atoms with E-state index >= 15 is 0 Å². The van der Waals surface area contributed by atoms with Crippen LogP contribution in [0.1, 0.15) is 5.56 Å². The van der Waals surface area contributed by atoms with E-state index < -0.39 is 0 Å². The van der Waals surface area contributed by atoms with Gasteiger partial charge in [0.05, 0.1) is 6.54 Å². The SMILES string of the molecule is O=c1c2cc3cc(Cl)ccc3oc-2nn1Cc1ccccc1. The first kappa shape index (κ1) is 13.1. The van der Waals surface area contributed by atoms with Crippen LogP contribution in [0.25, 0.3) is 22.4 Å². The lowest BCUT2D eigenvalue weighted by atomic mass is 10.2. The van der Waals surface area contributed by atoms with Crippen molar-refractivity contribution in [1.29, 1.82) is 0 Å². The van der Waals surface area contributed by atoms with E-state index in [-0.39, 0.29) is 5.56 Å². The largest absolute Gasteiger partial charge is 0.436 e. The fourth-order valence-electron chi connectivity index (χ4n) is 2.49. The zero-order valence-corrected chi connectivity index (χ0v) is 12.2. The van der Waals surface area contributed by atoms with Crippen molar-refractivity contribution >= 4 is 22.6 Å². The highest BCUT2D eigenvalue weighted by molar-refractivity contribution is 6.31. The van der Waals surface area contributed by atoms with Gasteiger partial charge in [0.2, 0.25) is 5.89 Å². The van der Waals surface area contributed by atoms with Crippen LogP contribution in [0.4, 0.5) is 0 Å². The Morgan fingerprint density at radius 3 is 2.73 bits per heavy atom. The summed E-state index contributed by atoms with van der Waals surface area (Å²) in [6.45, 7) is 0.418. The zero-order valence-electron chi connectivity index (χ0n) is 11.5. The minimum absolute atomic E-state index is 0.163. The molecule has 0 atom stereocenters. The van der Waals surface area contributed by atoms with Crippen molar-refractivity contribution < 1.29 is 4.42 Å². The Kier molecular flexibility index (Phi) is 2.98. The molecule has 0 amide bonds. The second-order valence-electron chi connectivity index (χ2n) is 5.10. The molecule has 0 aliphatic carbocycles. The smallest absolute Gasteiger partial charge is 0.279 e. The summed E-state index contributed by atoms with van der Waals surface area (Å²) in [5, 5.41) is 5.68. The quantitative estimate of drug-likeness (QED) is 0.566. The molecule has 0 N–H and O–H groups in total. The van der Waals surface area contributed by atoms with Crippen molar-refractivity contribution in [2.75, 3.05) is 0 Å². The molecule has 2 aliphatic rings. The first-order chi connectivity index (χ1) is 10.7. The average molecular weight is 311 g/mol. The first-order valence-electron chi connectivity index (χ1n) is 6.84. The number of rotatable bonds is 2. The van der Waals surface area contributed by atoms with Crippen molar-refractivity contribution in [3.8, 4) is 11.5 Å². The Bertz CT molecular complexity index is 989. The molecule has 5 heteroatoms. The highest BCUT2D eigenvalue weighted by atomic mass is 35.5. The Labute approximate surface area is 130 Å². The van der Waals surface area contributed by atoms with E-state index in [1.165, 1.54) is 4.68 Å². The number of fused-ring (bicyclic) bond motifs is 2. The van der Waals surface area contributed by atoms with Crippen molar-refractivity contribution in [2.24, 2.45) is 0 Å². The lowest BCUT2D eigenvalue weighted by molar-refractivity contribution is 0.571.